The highest BCUT2D eigenvalue weighted by Crippen LogP contribution is 2.54. The maximum Gasteiger partial charge on any atom is 0.233 e. The van der Waals surface area contributed by atoms with Crippen LogP contribution in [0.3, 0.4) is 0 Å². The number of fused-ring (bicyclic) bond motifs is 2. The number of nitrogens with zero attached hydrogens (tertiary/aromatic N) is 4. The molecule has 0 aromatic carbocycles. The van der Waals surface area contributed by atoms with Crippen LogP contribution in [0.15, 0.2) is 23.9 Å². The Morgan fingerprint density at radius 1 is 0.967 bits per heavy atom. The van der Waals surface area contributed by atoms with Crippen molar-refractivity contribution in [3.05, 3.63) is 23.9 Å². The van der Waals surface area contributed by atoms with E-state index in [0.717, 1.165) is 114 Å². The minimum Gasteiger partial charge on any atom is -0.748 e. The van der Waals surface area contributed by atoms with Gasteiger partial charge in [0, 0.05) is 110 Å². The lowest BCUT2D eigenvalue weighted by atomic mass is 9.69. The van der Waals surface area contributed by atoms with Crippen molar-refractivity contribution < 1.29 is 46.2 Å². The lowest BCUT2D eigenvalue weighted by Crippen LogP contribution is -2.43. The molecule has 350 valence electrons. The molecule has 2 aliphatic heterocycles. The Kier molecular flexibility index (Phi) is 19.6. The average Bonchev–Trinajstić information content (AvgIpc) is 3.55. The Morgan fingerprint density at radius 3 is 2.36 bits per heavy atom. The van der Waals surface area contributed by atoms with Crippen LogP contribution in [0.4, 0.5) is 0 Å². The molecule has 4 N–H and O–H groups in total. The van der Waals surface area contributed by atoms with Crippen LogP contribution in [0.5, 0.6) is 0 Å². The molecule has 0 aromatic rings. The molecule has 6 unspecified atom stereocenters. The molecule has 1 saturated heterocycles. The average molecular weight is 898 g/mol. The van der Waals surface area contributed by atoms with Crippen molar-refractivity contribution in [2.24, 2.45) is 28.5 Å². The van der Waals surface area contributed by atoms with E-state index in [-0.39, 0.29) is 39.9 Å². The fourth-order valence-electron chi connectivity index (χ4n) is 11.1. The van der Waals surface area contributed by atoms with Crippen LogP contribution in [0.1, 0.15) is 125 Å². The van der Waals surface area contributed by atoms with E-state index in [0.29, 0.717) is 50.6 Å². The van der Waals surface area contributed by atoms with E-state index in [1.807, 2.05) is 0 Å². The van der Waals surface area contributed by atoms with Gasteiger partial charge in [-0.15, -0.1) is 0 Å². The van der Waals surface area contributed by atoms with Crippen LogP contribution >= 0.6 is 12.0 Å². The van der Waals surface area contributed by atoms with E-state index >= 15 is 0 Å². The van der Waals surface area contributed by atoms with Crippen molar-refractivity contribution >= 4 is 39.7 Å². The molecule has 0 aromatic heterocycles. The number of hydrazine groups is 1. The number of carbonyl (C=O) groups excluding carboxylic acids is 2. The summed E-state index contributed by atoms with van der Waals surface area (Å²) in [6.45, 7) is 17.5. The van der Waals surface area contributed by atoms with Crippen molar-refractivity contribution in [1.82, 2.24) is 20.5 Å². The Morgan fingerprint density at radius 2 is 1.67 bits per heavy atom. The fourth-order valence-corrected chi connectivity index (χ4v) is 12.6. The number of nitrogens with two attached hydrogens (primary N) is 1. The van der Waals surface area contributed by atoms with Crippen LogP contribution < -0.4 is 21.8 Å². The summed E-state index contributed by atoms with van der Waals surface area (Å²) in [6, 6.07) is 0.584. The van der Waals surface area contributed by atoms with E-state index in [4.69, 9.17) is 10.2 Å². The van der Waals surface area contributed by atoms with Crippen molar-refractivity contribution in [3.63, 3.8) is 0 Å². The number of amides is 2. The summed E-state index contributed by atoms with van der Waals surface area (Å²) in [5.74, 6) is 5.60. The fraction of sp³-hybridized carbons (Fsp3) is 0.841. The van der Waals surface area contributed by atoms with Gasteiger partial charge in [0.1, 0.15) is 6.54 Å². The molecule has 0 spiro atoms. The van der Waals surface area contributed by atoms with E-state index in [1.165, 1.54) is 11.4 Å². The van der Waals surface area contributed by atoms with Gasteiger partial charge in [-0.3, -0.25) is 20.1 Å². The van der Waals surface area contributed by atoms with Crippen LogP contribution in [0.2, 0.25) is 0 Å². The molecule has 2 amide bonds. The highest BCUT2D eigenvalue weighted by molar-refractivity contribution is 7.95. The zero-order valence-electron chi connectivity index (χ0n) is 38.5. The summed E-state index contributed by atoms with van der Waals surface area (Å²) in [5, 5.41) is 16.9. The Bertz CT molecular complexity index is 1650. The smallest absolute Gasteiger partial charge is 0.233 e. The first-order valence-corrected chi connectivity index (χ1v) is 25.2. The molecule has 17 heteroatoms. The van der Waals surface area contributed by atoms with Crippen molar-refractivity contribution in [1.29, 1.82) is 0 Å². The predicted octanol–water partition coefficient (Wildman–Crippen LogP) is 4.01. The Hall–Kier alpha value is -2.09. The van der Waals surface area contributed by atoms with Gasteiger partial charge in [-0.1, -0.05) is 19.9 Å². The summed E-state index contributed by atoms with van der Waals surface area (Å²) in [6.07, 6.45) is 17.6. The highest BCUT2D eigenvalue weighted by Gasteiger charge is 2.56. The van der Waals surface area contributed by atoms with Gasteiger partial charge < -0.3 is 29.4 Å². The number of quaternary nitrogens is 1. The first-order valence-electron chi connectivity index (χ1n) is 22.9. The molecule has 4 aliphatic rings. The number of hydrogen-bond donors (Lipinski definition) is 3. The maximum atomic E-state index is 12.8. The van der Waals surface area contributed by atoms with Gasteiger partial charge in [-0.05, 0) is 97.7 Å². The Balaban J connectivity index is 1.31. The second kappa shape index (κ2) is 23.2. The van der Waals surface area contributed by atoms with Gasteiger partial charge in [0.05, 0.1) is 42.7 Å². The van der Waals surface area contributed by atoms with Gasteiger partial charge in [0.15, 0.2) is 11.8 Å². The number of carbonyl (C=O) groups is 2. The SMILES string of the molecule is CCN1/C(=C/C=C/C2=[N+](CCCCCC(=O)NCCC[N+](C)(C)CCCN(C)CCCC(=O)NN)C3CCC(SOO[O-])CC3C2(C)C)C(C)(C)C2CC(S(=O)(=O)[O-])CCC21. The van der Waals surface area contributed by atoms with Gasteiger partial charge in [0.2, 0.25) is 11.8 Å². The summed E-state index contributed by atoms with van der Waals surface area (Å²) in [7, 11) is 2.23. The molecule has 6 atom stereocenters. The molecule has 3 fully saturated rings. The minimum atomic E-state index is -4.33. The second-order valence-corrected chi connectivity index (χ2v) is 22.5. The Labute approximate surface area is 371 Å². The summed E-state index contributed by atoms with van der Waals surface area (Å²) >= 11 is 1.13. The number of hydrogen-bond acceptors (Lipinski definition) is 12. The number of likely N-dealkylation sites (tertiary alicyclic amines) is 1. The zero-order valence-corrected chi connectivity index (χ0v) is 40.1. The number of allylic oxidation sites excluding steroid dienone is 4. The van der Waals surface area contributed by atoms with Crippen LogP contribution in [-0.4, -0.2) is 139 Å². The predicted molar refractivity (Wildman–Crippen MR) is 238 cm³/mol. The van der Waals surface area contributed by atoms with Gasteiger partial charge in [0.25, 0.3) is 0 Å². The molecular formula is C44H79N7O8S2. The number of unbranched alkanes of at least 4 members (excludes halogenated alkanes) is 2. The van der Waals surface area contributed by atoms with Crippen molar-refractivity contribution in [2.75, 3.05) is 67.0 Å². The third-order valence-electron chi connectivity index (χ3n) is 14.6. The van der Waals surface area contributed by atoms with Gasteiger partial charge in [-0.2, -0.15) is 4.33 Å². The van der Waals surface area contributed by atoms with E-state index in [9.17, 15) is 27.8 Å². The van der Waals surface area contributed by atoms with Crippen LogP contribution in [0, 0.1) is 22.7 Å². The second-order valence-electron chi connectivity index (χ2n) is 19.9. The molecular weight excluding hydrogens is 819 g/mol. The summed E-state index contributed by atoms with van der Waals surface area (Å²) < 4.78 is 44.4. The van der Waals surface area contributed by atoms with E-state index in [2.05, 4.69) is 104 Å². The molecule has 0 radical (unpaired) electrons. The molecule has 15 nitrogen and oxygen atoms in total. The van der Waals surface area contributed by atoms with Crippen molar-refractivity contribution in [2.45, 2.75) is 147 Å². The minimum absolute atomic E-state index is 0.0952. The molecule has 61 heavy (non-hydrogen) atoms. The van der Waals surface area contributed by atoms with Crippen molar-refractivity contribution in [3.8, 4) is 0 Å². The topological polar surface area (TPSA) is 192 Å². The van der Waals surface area contributed by atoms with E-state index < -0.39 is 15.4 Å². The maximum absolute atomic E-state index is 12.8. The van der Waals surface area contributed by atoms with Gasteiger partial charge in [-0.25, -0.2) is 18.8 Å². The first kappa shape index (κ1) is 51.5. The normalized spacial score (nSPS) is 27.0. The monoisotopic (exact) mass is 898 g/mol. The third-order valence-corrected chi connectivity index (χ3v) is 16.6. The zero-order chi connectivity index (χ0) is 45.0. The van der Waals surface area contributed by atoms with Gasteiger partial charge >= 0.3 is 0 Å². The third kappa shape index (κ3) is 14.2. The summed E-state index contributed by atoms with van der Waals surface area (Å²) in [5.41, 5.74) is 4.25. The molecule has 2 saturated carbocycles. The van der Waals surface area contributed by atoms with E-state index in [1.54, 1.807) is 0 Å². The summed E-state index contributed by atoms with van der Waals surface area (Å²) in [4.78, 5) is 28.8. The number of rotatable bonds is 25. The quantitative estimate of drug-likeness (QED) is 0.0138. The first-order chi connectivity index (χ1) is 28.8. The molecule has 2 heterocycles. The standard InChI is InChI=1S/C44H79N7O8S2/c1-9-49-37-24-22-34(61(55,56)57)32-36(37)44(4,5)39(49)17-13-18-40-43(2,3)35-31-33(60-59-58-54)21-23-38(35)50(40)28-12-10-11-19-41(52)46-25-15-29-51(7,8)30-16-27-48(6)26-14-20-42(53)47-45/h13,17-18,33-38H,9-12,14-16,19-32,45H2,1-8H3,(H2-2,46,47,52,53,54,55,56,57). The highest BCUT2D eigenvalue weighted by atomic mass is 32.2. The molecule has 4 rings (SSSR count). The molecule has 0 bridgehead atoms. The lowest BCUT2D eigenvalue weighted by Gasteiger charge is -2.38. The lowest BCUT2D eigenvalue weighted by molar-refractivity contribution is -0.890. The van der Waals surface area contributed by atoms with Crippen LogP contribution in [0.25, 0.3) is 0 Å². The molecule has 2 aliphatic carbocycles. The number of nitrogens with one attached hydrogen (secondary N) is 2. The largest absolute Gasteiger partial charge is 0.748 e. The van der Waals surface area contributed by atoms with Crippen LogP contribution in [-0.2, 0) is 29.1 Å².